The normalized spacial score (nSPS) is 25.4. The summed E-state index contributed by atoms with van der Waals surface area (Å²) >= 11 is 4.09. The molecular formula is C24H34IN3O3S. The second kappa shape index (κ2) is 10.5. The number of hydrogen-bond donors (Lipinski definition) is 2. The van der Waals surface area contributed by atoms with Crippen molar-refractivity contribution in [1.82, 2.24) is 10.3 Å². The van der Waals surface area contributed by atoms with E-state index in [1.54, 1.807) is 11.8 Å². The van der Waals surface area contributed by atoms with Gasteiger partial charge in [0.25, 0.3) is 5.91 Å². The van der Waals surface area contributed by atoms with Crippen LogP contribution in [0.15, 0.2) is 17.2 Å². The number of amides is 1. The molecule has 3 aliphatic rings. The largest absolute Gasteiger partial charge is 0.481 e. The van der Waals surface area contributed by atoms with Crippen molar-refractivity contribution in [2.45, 2.75) is 86.2 Å². The highest BCUT2D eigenvalue weighted by molar-refractivity contribution is 14.1. The van der Waals surface area contributed by atoms with Gasteiger partial charge in [0.05, 0.1) is 15.0 Å². The van der Waals surface area contributed by atoms with Crippen LogP contribution in [0.5, 0.6) is 0 Å². The van der Waals surface area contributed by atoms with E-state index in [0.717, 1.165) is 68.1 Å². The molecule has 2 heterocycles. The Labute approximate surface area is 208 Å². The Balaban J connectivity index is 1.48. The lowest BCUT2D eigenvalue weighted by atomic mass is 9.81. The molecule has 2 saturated carbocycles. The van der Waals surface area contributed by atoms with Crippen molar-refractivity contribution in [3.63, 3.8) is 0 Å². The molecule has 1 aromatic heterocycles. The number of carbonyl (C=O) groups excluding carboxylic acids is 1. The molecule has 176 valence electrons. The van der Waals surface area contributed by atoms with Gasteiger partial charge in [-0.3, -0.25) is 9.59 Å². The van der Waals surface area contributed by atoms with E-state index in [9.17, 15) is 14.7 Å². The quantitative estimate of drug-likeness (QED) is 0.186. The number of anilines is 1. The molecule has 32 heavy (non-hydrogen) atoms. The number of hydrogen-bond acceptors (Lipinski definition) is 5. The molecule has 6 nitrogen and oxygen atoms in total. The zero-order valence-electron chi connectivity index (χ0n) is 18.8. The van der Waals surface area contributed by atoms with Crippen molar-refractivity contribution in [2.24, 2.45) is 11.3 Å². The van der Waals surface area contributed by atoms with E-state index < -0.39 is 11.4 Å². The molecule has 2 unspecified atom stereocenters. The summed E-state index contributed by atoms with van der Waals surface area (Å²) in [5, 5.41) is 13.7. The Morgan fingerprint density at radius 1 is 1.25 bits per heavy atom. The molecule has 1 amide bonds. The van der Waals surface area contributed by atoms with Crippen LogP contribution < -0.4 is 10.2 Å². The highest BCUT2D eigenvalue weighted by Gasteiger charge is 2.57. The SMILES string of the molecule is CCCSc1nc(N2CCC(C3(C(=O)O)CC3)CC2I)ccc1C(=O)NC1CCCCC1. The van der Waals surface area contributed by atoms with Crippen molar-refractivity contribution >= 4 is 52.0 Å². The fraction of sp³-hybridized carbons (Fsp3) is 0.708. The average molecular weight is 572 g/mol. The Bertz CT molecular complexity index is 842. The van der Waals surface area contributed by atoms with Gasteiger partial charge in [-0.1, -0.05) is 48.8 Å². The monoisotopic (exact) mass is 571 g/mol. The molecule has 0 bridgehead atoms. The minimum atomic E-state index is -0.621. The first-order chi connectivity index (χ1) is 15.4. The van der Waals surface area contributed by atoms with Gasteiger partial charge in [-0.05, 0) is 68.7 Å². The molecule has 8 heteroatoms. The molecular weight excluding hydrogens is 537 g/mol. The molecule has 1 aliphatic heterocycles. The number of carboxylic acid groups (broad SMARTS) is 1. The van der Waals surface area contributed by atoms with E-state index in [4.69, 9.17) is 4.98 Å². The van der Waals surface area contributed by atoms with E-state index in [-0.39, 0.29) is 21.9 Å². The third-order valence-electron chi connectivity index (χ3n) is 7.30. The van der Waals surface area contributed by atoms with Crippen LogP contribution in [0.3, 0.4) is 0 Å². The lowest BCUT2D eigenvalue weighted by Gasteiger charge is -2.39. The standard InChI is InChI=1S/C24H34IN3O3S/c1-2-14-32-22-18(21(29)26-17-6-4-3-5-7-17)8-9-20(27-22)28-13-10-16(15-19(28)25)24(11-12-24)23(30)31/h8-9,16-17,19H,2-7,10-15H2,1H3,(H,26,29)(H,30,31). The van der Waals surface area contributed by atoms with E-state index in [1.165, 1.54) is 19.3 Å². The Morgan fingerprint density at radius 3 is 2.62 bits per heavy atom. The average Bonchev–Trinajstić information content (AvgIpc) is 3.60. The number of alkyl halides is 1. The highest BCUT2D eigenvalue weighted by atomic mass is 127. The summed E-state index contributed by atoms with van der Waals surface area (Å²) in [6.45, 7) is 2.95. The van der Waals surface area contributed by atoms with Crippen molar-refractivity contribution in [1.29, 1.82) is 0 Å². The zero-order valence-corrected chi connectivity index (χ0v) is 21.8. The topological polar surface area (TPSA) is 82.5 Å². The van der Waals surface area contributed by atoms with Gasteiger partial charge < -0.3 is 15.3 Å². The van der Waals surface area contributed by atoms with Crippen LogP contribution in [0.25, 0.3) is 0 Å². The van der Waals surface area contributed by atoms with Crippen LogP contribution in [0.4, 0.5) is 5.82 Å². The van der Waals surface area contributed by atoms with Crippen LogP contribution in [0.2, 0.25) is 0 Å². The summed E-state index contributed by atoms with van der Waals surface area (Å²) in [4.78, 5) is 32.0. The van der Waals surface area contributed by atoms with Crippen LogP contribution >= 0.6 is 34.4 Å². The molecule has 0 radical (unpaired) electrons. The van der Waals surface area contributed by atoms with Crippen LogP contribution in [-0.2, 0) is 4.79 Å². The van der Waals surface area contributed by atoms with Gasteiger partial charge >= 0.3 is 5.97 Å². The summed E-state index contributed by atoms with van der Waals surface area (Å²) in [6.07, 6.45) is 10.2. The first-order valence-corrected chi connectivity index (χ1v) is 14.3. The summed E-state index contributed by atoms with van der Waals surface area (Å²) in [7, 11) is 0. The molecule has 2 atom stereocenters. The van der Waals surface area contributed by atoms with Gasteiger partial charge in [-0.2, -0.15) is 0 Å². The molecule has 2 N–H and O–H groups in total. The summed E-state index contributed by atoms with van der Waals surface area (Å²) < 4.78 is 0.210. The fourth-order valence-electron chi connectivity index (χ4n) is 5.19. The van der Waals surface area contributed by atoms with Gasteiger partial charge in [-0.15, -0.1) is 11.8 Å². The Kier molecular flexibility index (Phi) is 7.90. The second-order valence-corrected chi connectivity index (χ2v) is 12.0. The zero-order chi connectivity index (χ0) is 22.7. The number of aliphatic carboxylic acids is 1. The van der Waals surface area contributed by atoms with Gasteiger partial charge in [0.15, 0.2) is 0 Å². The lowest BCUT2D eigenvalue weighted by Crippen LogP contribution is -2.43. The lowest BCUT2D eigenvalue weighted by molar-refractivity contribution is -0.146. The smallest absolute Gasteiger partial charge is 0.309 e. The van der Waals surface area contributed by atoms with Crippen LogP contribution in [0, 0.1) is 11.3 Å². The van der Waals surface area contributed by atoms with Gasteiger partial charge in [0.1, 0.15) is 10.8 Å². The van der Waals surface area contributed by atoms with Crippen molar-refractivity contribution in [3.05, 3.63) is 17.7 Å². The number of thioether (sulfide) groups is 1. The summed E-state index contributed by atoms with van der Waals surface area (Å²) in [5.74, 6) is 1.45. The number of aromatic nitrogens is 1. The molecule has 1 aromatic rings. The summed E-state index contributed by atoms with van der Waals surface area (Å²) in [6, 6.07) is 4.19. The van der Waals surface area contributed by atoms with Gasteiger partial charge in [-0.25, -0.2) is 4.98 Å². The van der Waals surface area contributed by atoms with E-state index in [2.05, 4.69) is 39.7 Å². The maximum absolute atomic E-state index is 13.0. The maximum Gasteiger partial charge on any atom is 0.309 e. The fourth-order valence-corrected chi connectivity index (χ4v) is 7.24. The third-order valence-corrected chi connectivity index (χ3v) is 9.68. The molecule has 1 saturated heterocycles. The molecule has 3 fully saturated rings. The number of rotatable bonds is 8. The number of halogens is 1. The maximum atomic E-state index is 13.0. The van der Waals surface area contributed by atoms with Gasteiger partial charge in [0, 0.05) is 12.6 Å². The molecule has 2 aliphatic carbocycles. The minimum absolute atomic E-state index is 0.00332. The number of carbonyl (C=O) groups is 2. The van der Waals surface area contributed by atoms with Crippen molar-refractivity contribution < 1.29 is 14.7 Å². The number of nitrogens with one attached hydrogen (secondary N) is 1. The Hall–Kier alpha value is -1.03. The van der Waals surface area contributed by atoms with Crippen LogP contribution in [0.1, 0.15) is 81.5 Å². The van der Waals surface area contributed by atoms with Crippen molar-refractivity contribution in [3.8, 4) is 0 Å². The van der Waals surface area contributed by atoms with E-state index in [1.807, 2.05) is 12.1 Å². The first kappa shape index (κ1) is 24.1. The van der Waals surface area contributed by atoms with Crippen LogP contribution in [-0.4, -0.2) is 44.4 Å². The second-order valence-electron chi connectivity index (χ2n) is 9.49. The first-order valence-electron chi connectivity index (χ1n) is 12.0. The Morgan fingerprint density at radius 2 is 2.00 bits per heavy atom. The summed E-state index contributed by atoms with van der Waals surface area (Å²) in [5.41, 5.74) is 0.201. The van der Waals surface area contributed by atoms with E-state index >= 15 is 0 Å². The number of nitrogens with zero attached hydrogens (tertiary/aromatic N) is 2. The minimum Gasteiger partial charge on any atom is -0.481 e. The van der Waals surface area contributed by atoms with Crippen molar-refractivity contribution in [2.75, 3.05) is 17.2 Å². The third kappa shape index (κ3) is 5.21. The van der Waals surface area contributed by atoms with Gasteiger partial charge in [0.2, 0.25) is 0 Å². The predicted octanol–water partition coefficient (Wildman–Crippen LogP) is 5.49. The predicted molar refractivity (Wildman–Crippen MR) is 137 cm³/mol. The van der Waals surface area contributed by atoms with E-state index in [0.29, 0.717) is 5.56 Å². The number of carboxylic acids is 1. The number of piperidine rings is 1. The molecule has 4 rings (SSSR count). The molecule has 0 spiro atoms. The molecule has 0 aromatic carbocycles. The number of pyridine rings is 1. The highest BCUT2D eigenvalue weighted by Crippen LogP contribution is 2.56.